The molecule has 0 aliphatic rings. The Balaban J connectivity index is 2.11. The van der Waals surface area contributed by atoms with Crippen molar-refractivity contribution >= 4 is 21.6 Å². The average molecular weight is 334 g/mol. The molecule has 3 heteroatoms. The molecular weight excluding hydrogens is 314 g/mol. The van der Waals surface area contributed by atoms with Gasteiger partial charge in [0.05, 0.1) is 6.10 Å². The van der Waals surface area contributed by atoms with Gasteiger partial charge in [-0.15, -0.1) is 0 Å². The van der Waals surface area contributed by atoms with Gasteiger partial charge < -0.3 is 10.0 Å². The Bertz CT molecular complexity index is 554. The molecular formula is C17H20BrNO. The quantitative estimate of drug-likeness (QED) is 0.887. The monoisotopic (exact) mass is 333 g/mol. The van der Waals surface area contributed by atoms with Crippen molar-refractivity contribution in [3.8, 4) is 0 Å². The topological polar surface area (TPSA) is 23.5 Å². The third-order valence-corrected chi connectivity index (χ3v) is 3.92. The molecule has 0 aliphatic heterocycles. The zero-order valence-corrected chi connectivity index (χ0v) is 13.5. The lowest BCUT2D eigenvalue weighted by molar-refractivity contribution is 0.199. The molecule has 1 atom stereocenters. The Morgan fingerprint density at radius 1 is 1.15 bits per heavy atom. The summed E-state index contributed by atoms with van der Waals surface area (Å²) in [7, 11) is 2.07. The Morgan fingerprint density at radius 3 is 2.50 bits per heavy atom. The van der Waals surface area contributed by atoms with Crippen molar-refractivity contribution in [2.45, 2.75) is 19.4 Å². The van der Waals surface area contributed by atoms with Gasteiger partial charge in [0.25, 0.3) is 0 Å². The zero-order valence-electron chi connectivity index (χ0n) is 11.9. The van der Waals surface area contributed by atoms with Gasteiger partial charge in [-0.2, -0.15) is 0 Å². The summed E-state index contributed by atoms with van der Waals surface area (Å²) >= 11 is 3.46. The molecule has 0 radical (unpaired) electrons. The number of aliphatic hydroxyl groups excluding tert-OH is 1. The van der Waals surface area contributed by atoms with Crippen molar-refractivity contribution in [3.63, 3.8) is 0 Å². The van der Waals surface area contributed by atoms with Gasteiger partial charge in [0, 0.05) is 29.3 Å². The maximum Gasteiger partial charge on any atom is 0.0782 e. The van der Waals surface area contributed by atoms with Crippen molar-refractivity contribution in [3.05, 3.63) is 64.1 Å². The highest BCUT2D eigenvalue weighted by Crippen LogP contribution is 2.29. The highest BCUT2D eigenvalue weighted by Gasteiger charge is 2.12. The molecule has 0 aliphatic carbocycles. The summed E-state index contributed by atoms with van der Waals surface area (Å²) in [4.78, 5) is 2.20. The SMILES string of the molecule is CC(O)c1cc(Br)ccc1N(C)CCc1ccccc1. The molecule has 20 heavy (non-hydrogen) atoms. The largest absolute Gasteiger partial charge is 0.389 e. The summed E-state index contributed by atoms with van der Waals surface area (Å²) in [5.74, 6) is 0. The van der Waals surface area contributed by atoms with E-state index in [1.54, 1.807) is 6.92 Å². The Hall–Kier alpha value is -1.32. The summed E-state index contributed by atoms with van der Waals surface area (Å²) < 4.78 is 0.994. The highest BCUT2D eigenvalue weighted by atomic mass is 79.9. The molecule has 2 rings (SSSR count). The molecule has 0 aromatic heterocycles. The summed E-state index contributed by atoms with van der Waals surface area (Å²) in [6.45, 7) is 2.72. The minimum atomic E-state index is -0.471. The van der Waals surface area contributed by atoms with Crippen LogP contribution in [-0.2, 0) is 6.42 Å². The molecule has 0 amide bonds. The van der Waals surface area contributed by atoms with Gasteiger partial charge in [0.15, 0.2) is 0 Å². The van der Waals surface area contributed by atoms with Gasteiger partial charge in [0.1, 0.15) is 0 Å². The normalized spacial score (nSPS) is 12.2. The fourth-order valence-corrected chi connectivity index (χ4v) is 2.65. The van der Waals surface area contributed by atoms with E-state index in [2.05, 4.69) is 58.2 Å². The van der Waals surface area contributed by atoms with E-state index < -0.39 is 6.10 Å². The predicted molar refractivity (Wildman–Crippen MR) is 88.2 cm³/mol. The summed E-state index contributed by atoms with van der Waals surface area (Å²) in [6.07, 6.45) is 0.522. The smallest absolute Gasteiger partial charge is 0.0782 e. The molecule has 0 fully saturated rings. The number of hydrogen-bond donors (Lipinski definition) is 1. The molecule has 1 unspecified atom stereocenters. The number of anilines is 1. The first-order chi connectivity index (χ1) is 9.58. The average Bonchev–Trinajstić information content (AvgIpc) is 2.45. The summed E-state index contributed by atoms with van der Waals surface area (Å²) in [5.41, 5.74) is 3.36. The number of benzene rings is 2. The second-order valence-corrected chi connectivity index (χ2v) is 5.95. The molecule has 2 nitrogen and oxygen atoms in total. The summed E-state index contributed by atoms with van der Waals surface area (Å²) in [6, 6.07) is 16.5. The molecule has 0 heterocycles. The van der Waals surface area contributed by atoms with Crippen LogP contribution in [0.1, 0.15) is 24.2 Å². The summed E-state index contributed by atoms with van der Waals surface area (Å²) in [5, 5.41) is 9.92. The van der Waals surface area contributed by atoms with Crippen LogP contribution in [0.5, 0.6) is 0 Å². The first-order valence-electron chi connectivity index (χ1n) is 6.80. The van der Waals surface area contributed by atoms with E-state index in [4.69, 9.17) is 0 Å². The van der Waals surface area contributed by atoms with Gasteiger partial charge in [-0.3, -0.25) is 0 Å². The first kappa shape index (κ1) is 15.1. The van der Waals surface area contributed by atoms with Crippen molar-refractivity contribution in [1.29, 1.82) is 0 Å². The van der Waals surface area contributed by atoms with Crippen molar-refractivity contribution < 1.29 is 5.11 Å². The van der Waals surface area contributed by atoms with Gasteiger partial charge in [-0.05, 0) is 37.1 Å². The lowest BCUT2D eigenvalue weighted by atomic mass is 10.1. The lowest BCUT2D eigenvalue weighted by Crippen LogP contribution is -2.22. The van der Waals surface area contributed by atoms with Gasteiger partial charge in [0.2, 0.25) is 0 Å². The maximum atomic E-state index is 9.92. The van der Waals surface area contributed by atoms with E-state index in [0.717, 1.165) is 28.7 Å². The number of rotatable bonds is 5. The number of nitrogens with zero attached hydrogens (tertiary/aromatic N) is 1. The van der Waals surface area contributed by atoms with E-state index in [1.807, 2.05) is 18.2 Å². The van der Waals surface area contributed by atoms with E-state index in [0.29, 0.717) is 0 Å². The Labute approximate surface area is 129 Å². The minimum Gasteiger partial charge on any atom is -0.389 e. The van der Waals surface area contributed by atoms with Crippen LogP contribution in [0.25, 0.3) is 0 Å². The fourth-order valence-electron chi connectivity index (χ4n) is 2.27. The molecule has 0 saturated carbocycles. The maximum absolute atomic E-state index is 9.92. The third-order valence-electron chi connectivity index (χ3n) is 3.43. The van der Waals surface area contributed by atoms with E-state index in [1.165, 1.54) is 5.56 Å². The molecule has 106 valence electrons. The molecule has 0 bridgehead atoms. The predicted octanol–water partition coefficient (Wildman–Crippen LogP) is 4.18. The van der Waals surface area contributed by atoms with Crippen LogP contribution in [0.3, 0.4) is 0 Å². The van der Waals surface area contributed by atoms with Crippen molar-refractivity contribution in [1.82, 2.24) is 0 Å². The molecule has 2 aromatic carbocycles. The van der Waals surface area contributed by atoms with Crippen LogP contribution in [-0.4, -0.2) is 18.7 Å². The molecule has 0 saturated heterocycles. The minimum absolute atomic E-state index is 0.471. The third kappa shape index (κ3) is 3.84. The van der Waals surface area contributed by atoms with Crippen LogP contribution in [0.4, 0.5) is 5.69 Å². The number of likely N-dealkylation sites (N-methyl/N-ethyl adjacent to an activating group) is 1. The van der Waals surface area contributed by atoms with Crippen molar-refractivity contribution in [2.75, 3.05) is 18.5 Å². The molecule has 0 spiro atoms. The molecule has 2 aromatic rings. The van der Waals surface area contributed by atoms with Crippen LogP contribution in [0, 0.1) is 0 Å². The second-order valence-electron chi connectivity index (χ2n) is 5.04. The number of aliphatic hydroxyl groups is 1. The second kappa shape index (κ2) is 6.91. The molecule has 1 N–H and O–H groups in total. The van der Waals surface area contributed by atoms with Crippen LogP contribution >= 0.6 is 15.9 Å². The zero-order chi connectivity index (χ0) is 14.5. The number of halogens is 1. The van der Waals surface area contributed by atoms with E-state index >= 15 is 0 Å². The lowest BCUT2D eigenvalue weighted by Gasteiger charge is -2.24. The van der Waals surface area contributed by atoms with Gasteiger partial charge in [-0.25, -0.2) is 0 Å². The first-order valence-corrected chi connectivity index (χ1v) is 7.60. The van der Waals surface area contributed by atoms with E-state index in [9.17, 15) is 5.11 Å². The standard InChI is InChI=1S/C17H20BrNO/c1-13(20)16-12-15(18)8-9-17(16)19(2)11-10-14-6-4-3-5-7-14/h3-9,12-13,20H,10-11H2,1-2H3. The fraction of sp³-hybridized carbons (Fsp3) is 0.294. The highest BCUT2D eigenvalue weighted by molar-refractivity contribution is 9.10. The Morgan fingerprint density at radius 2 is 1.85 bits per heavy atom. The number of hydrogen-bond acceptors (Lipinski definition) is 2. The van der Waals surface area contributed by atoms with Crippen LogP contribution in [0.15, 0.2) is 53.0 Å². The van der Waals surface area contributed by atoms with Gasteiger partial charge in [-0.1, -0.05) is 46.3 Å². The van der Waals surface area contributed by atoms with Crippen molar-refractivity contribution in [2.24, 2.45) is 0 Å². The van der Waals surface area contributed by atoms with Crippen LogP contribution < -0.4 is 4.90 Å². The van der Waals surface area contributed by atoms with Gasteiger partial charge >= 0.3 is 0 Å². The van der Waals surface area contributed by atoms with E-state index in [-0.39, 0.29) is 0 Å². The van der Waals surface area contributed by atoms with Crippen LogP contribution in [0.2, 0.25) is 0 Å². The Kier molecular flexibility index (Phi) is 5.21.